The highest BCUT2D eigenvalue weighted by molar-refractivity contribution is 7.89. The second-order valence-corrected chi connectivity index (χ2v) is 9.36. The summed E-state index contributed by atoms with van der Waals surface area (Å²) in [4.78, 5) is 18.3. The lowest BCUT2D eigenvalue weighted by atomic mass is 10.1. The van der Waals surface area contributed by atoms with Gasteiger partial charge in [-0.3, -0.25) is 9.78 Å². The molecule has 8 heteroatoms. The summed E-state index contributed by atoms with van der Waals surface area (Å²) < 4.78 is 27.7. The topological polar surface area (TPSA) is 79.4 Å². The minimum absolute atomic E-state index is 0.0689. The van der Waals surface area contributed by atoms with E-state index in [0.29, 0.717) is 13.0 Å². The number of pyridine rings is 1. The molecule has 27 heavy (non-hydrogen) atoms. The predicted octanol–water partition coefficient (Wildman–Crippen LogP) is 3.13. The number of halogens is 1. The molecule has 0 unspecified atom stereocenters. The summed E-state index contributed by atoms with van der Waals surface area (Å²) in [5, 5.41) is 0.0689. The molecule has 0 saturated heterocycles. The van der Waals surface area contributed by atoms with Gasteiger partial charge in [-0.2, -0.15) is 0 Å². The normalized spacial score (nSPS) is 12.0. The van der Waals surface area contributed by atoms with Crippen molar-refractivity contribution in [1.29, 1.82) is 0 Å². The molecular formula is C19H24ClN3O3S. The van der Waals surface area contributed by atoms with Crippen molar-refractivity contribution >= 4 is 27.5 Å². The van der Waals surface area contributed by atoms with Crippen molar-refractivity contribution in [3.8, 4) is 0 Å². The van der Waals surface area contributed by atoms with Crippen LogP contribution in [0, 0.1) is 0 Å². The van der Waals surface area contributed by atoms with Crippen LogP contribution in [0.2, 0.25) is 5.02 Å². The molecule has 0 aliphatic heterocycles. The Hall–Kier alpha value is -1.96. The van der Waals surface area contributed by atoms with E-state index in [1.807, 2.05) is 18.2 Å². The van der Waals surface area contributed by atoms with E-state index in [-0.39, 0.29) is 21.4 Å². The van der Waals surface area contributed by atoms with Crippen LogP contribution in [0.3, 0.4) is 0 Å². The van der Waals surface area contributed by atoms with Gasteiger partial charge in [0.15, 0.2) is 0 Å². The van der Waals surface area contributed by atoms with Crippen LogP contribution in [0.4, 0.5) is 0 Å². The van der Waals surface area contributed by atoms with Crippen LogP contribution in [0.5, 0.6) is 0 Å². The molecule has 0 saturated carbocycles. The molecule has 1 N–H and O–H groups in total. The molecule has 6 nitrogen and oxygen atoms in total. The predicted molar refractivity (Wildman–Crippen MR) is 106 cm³/mol. The summed E-state index contributed by atoms with van der Waals surface area (Å²) in [6.45, 7) is 5.66. The van der Waals surface area contributed by atoms with Gasteiger partial charge >= 0.3 is 0 Å². The Morgan fingerprint density at radius 3 is 2.52 bits per heavy atom. The molecule has 1 aromatic carbocycles. The number of aromatic nitrogens is 1. The van der Waals surface area contributed by atoms with Crippen LogP contribution in [0.15, 0.2) is 47.5 Å². The van der Waals surface area contributed by atoms with E-state index in [1.165, 1.54) is 23.1 Å². The van der Waals surface area contributed by atoms with Gasteiger partial charge in [0.25, 0.3) is 5.91 Å². The summed E-state index contributed by atoms with van der Waals surface area (Å²) in [5.41, 5.74) is 0.477. The standard InChI is InChI=1S/C19H24ClN3O3S/c1-19(2,3)22-27(25,26)17-13-14(8-9-16(17)20)18(24)23(4)12-10-15-7-5-6-11-21-15/h5-9,11,13,22H,10,12H2,1-4H3. The van der Waals surface area contributed by atoms with Crippen molar-refractivity contribution in [3.05, 3.63) is 58.9 Å². The number of likely N-dealkylation sites (N-methyl/N-ethyl adjacent to an activating group) is 1. The Kier molecular flexibility index (Phi) is 6.62. The highest BCUT2D eigenvalue weighted by Gasteiger charge is 2.25. The SMILES string of the molecule is CN(CCc1ccccn1)C(=O)c1ccc(Cl)c(S(=O)(=O)NC(C)(C)C)c1. The van der Waals surface area contributed by atoms with Gasteiger partial charge < -0.3 is 4.90 Å². The van der Waals surface area contributed by atoms with Crippen LogP contribution in [-0.4, -0.2) is 43.3 Å². The minimum atomic E-state index is -3.85. The van der Waals surface area contributed by atoms with Crippen LogP contribution >= 0.6 is 11.6 Å². The first-order chi connectivity index (χ1) is 12.5. The van der Waals surface area contributed by atoms with Crippen LogP contribution < -0.4 is 4.72 Å². The zero-order valence-electron chi connectivity index (χ0n) is 15.9. The van der Waals surface area contributed by atoms with Gasteiger partial charge in [-0.25, -0.2) is 13.1 Å². The molecule has 0 bridgehead atoms. The van der Waals surface area contributed by atoms with Crippen molar-refractivity contribution in [2.75, 3.05) is 13.6 Å². The first-order valence-electron chi connectivity index (χ1n) is 8.48. The zero-order valence-corrected chi connectivity index (χ0v) is 17.4. The second kappa shape index (κ2) is 8.37. The van der Waals surface area contributed by atoms with Gasteiger partial charge in [0.2, 0.25) is 10.0 Å². The van der Waals surface area contributed by atoms with Gasteiger partial charge in [-0.1, -0.05) is 17.7 Å². The molecule has 1 aromatic heterocycles. The minimum Gasteiger partial charge on any atom is -0.341 e. The second-order valence-electron chi connectivity index (χ2n) is 7.30. The molecule has 0 spiro atoms. The molecule has 0 aliphatic carbocycles. The van der Waals surface area contributed by atoms with Crippen molar-refractivity contribution in [2.45, 2.75) is 37.6 Å². The van der Waals surface area contributed by atoms with Crippen molar-refractivity contribution in [2.24, 2.45) is 0 Å². The first-order valence-corrected chi connectivity index (χ1v) is 10.3. The summed E-state index contributed by atoms with van der Waals surface area (Å²) in [6, 6.07) is 9.89. The summed E-state index contributed by atoms with van der Waals surface area (Å²) in [6.07, 6.45) is 2.31. The van der Waals surface area contributed by atoms with Gasteiger partial charge in [0.05, 0.1) is 5.02 Å². The highest BCUT2D eigenvalue weighted by atomic mass is 35.5. The Bertz CT molecular complexity index is 910. The van der Waals surface area contributed by atoms with Gasteiger partial charge in [0.1, 0.15) is 4.90 Å². The van der Waals surface area contributed by atoms with E-state index in [9.17, 15) is 13.2 Å². The van der Waals surface area contributed by atoms with Crippen LogP contribution in [0.1, 0.15) is 36.8 Å². The number of amides is 1. The summed E-state index contributed by atoms with van der Waals surface area (Å²) in [5.74, 6) is -0.283. The lowest BCUT2D eigenvalue weighted by molar-refractivity contribution is 0.0796. The quantitative estimate of drug-likeness (QED) is 0.794. The maximum absolute atomic E-state index is 12.7. The third-order valence-electron chi connectivity index (χ3n) is 3.68. The molecule has 1 heterocycles. The van der Waals surface area contributed by atoms with Crippen LogP contribution in [-0.2, 0) is 16.4 Å². The Balaban J connectivity index is 2.19. The van der Waals surface area contributed by atoms with E-state index < -0.39 is 15.6 Å². The zero-order chi connectivity index (χ0) is 20.2. The van der Waals surface area contributed by atoms with Crippen LogP contribution in [0.25, 0.3) is 0 Å². The van der Waals surface area contributed by atoms with E-state index in [1.54, 1.807) is 34.0 Å². The largest absolute Gasteiger partial charge is 0.341 e. The number of carbonyl (C=O) groups excluding carboxylic acids is 1. The Morgan fingerprint density at radius 1 is 1.22 bits per heavy atom. The van der Waals surface area contributed by atoms with Crippen molar-refractivity contribution in [3.63, 3.8) is 0 Å². The number of hydrogen-bond donors (Lipinski definition) is 1. The number of sulfonamides is 1. The summed E-state index contributed by atoms with van der Waals surface area (Å²) >= 11 is 6.08. The van der Waals surface area contributed by atoms with Gasteiger partial charge in [-0.15, -0.1) is 0 Å². The monoisotopic (exact) mass is 409 g/mol. The van der Waals surface area contributed by atoms with E-state index in [2.05, 4.69) is 9.71 Å². The third-order valence-corrected chi connectivity index (χ3v) is 5.92. The molecule has 146 valence electrons. The first kappa shape index (κ1) is 21.3. The number of rotatable bonds is 6. The number of benzene rings is 1. The Labute approximate surface area is 165 Å². The fourth-order valence-electron chi connectivity index (χ4n) is 2.45. The summed E-state index contributed by atoms with van der Waals surface area (Å²) in [7, 11) is -2.18. The molecule has 1 amide bonds. The molecule has 2 aromatic rings. The number of nitrogens with zero attached hydrogens (tertiary/aromatic N) is 2. The average Bonchev–Trinajstić information content (AvgIpc) is 2.58. The number of hydrogen-bond acceptors (Lipinski definition) is 4. The Morgan fingerprint density at radius 2 is 1.93 bits per heavy atom. The number of nitrogens with one attached hydrogen (secondary N) is 1. The van der Waals surface area contributed by atoms with Gasteiger partial charge in [-0.05, 0) is 51.1 Å². The lowest BCUT2D eigenvalue weighted by Gasteiger charge is -2.21. The van der Waals surface area contributed by atoms with E-state index >= 15 is 0 Å². The molecule has 0 atom stereocenters. The highest BCUT2D eigenvalue weighted by Crippen LogP contribution is 2.24. The maximum Gasteiger partial charge on any atom is 0.253 e. The van der Waals surface area contributed by atoms with Crippen molar-refractivity contribution in [1.82, 2.24) is 14.6 Å². The van der Waals surface area contributed by atoms with E-state index in [4.69, 9.17) is 11.6 Å². The fourth-order valence-corrected chi connectivity index (χ4v) is 4.40. The lowest BCUT2D eigenvalue weighted by Crippen LogP contribution is -2.40. The molecule has 2 rings (SSSR count). The fraction of sp³-hybridized carbons (Fsp3) is 0.368. The maximum atomic E-state index is 12.7. The van der Waals surface area contributed by atoms with E-state index in [0.717, 1.165) is 5.69 Å². The molecule has 0 fully saturated rings. The smallest absolute Gasteiger partial charge is 0.253 e. The molecule has 0 radical (unpaired) electrons. The third kappa shape index (κ3) is 6.02. The molecule has 0 aliphatic rings. The van der Waals surface area contributed by atoms with Crippen molar-refractivity contribution < 1.29 is 13.2 Å². The number of carbonyl (C=O) groups is 1. The van der Waals surface area contributed by atoms with Gasteiger partial charge in [0, 0.05) is 43.0 Å². The molecular weight excluding hydrogens is 386 g/mol. The average molecular weight is 410 g/mol.